The fourth-order valence-electron chi connectivity index (χ4n) is 3.22. The number of hydrogen-bond donors (Lipinski definition) is 0. The summed E-state index contributed by atoms with van der Waals surface area (Å²) in [6.07, 6.45) is 0. The molecule has 0 bridgehead atoms. The third-order valence-corrected chi connectivity index (χ3v) is 5.71. The molecule has 2 heterocycles. The minimum atomic E-state index is -0.447. The van der Waals surface area contributed by atoms with Crippen LogP contribution in [-0.2, 0) is 6.61 Å². The van der Waals surface area contributed by atoms with Gasteiger partial charge in [0.25, 0.3) is 0 Å². The zero-order valence-electron chi connectivity index (χ0n) is 16.2. The lowest BCUT2D eigenvalue weighted by molar-refractivity contribution is 0.306. The first-order valence-electron chi connectivity index (χ1n) is 9.62. The van der Waals surface area contributed by atoms with Crippen molar-refractivity contribution in [3.05, 3.63) is 106 Å². The van der Waals surface area contributed by atoms with Gasteiger partial charge < -0.3 is 9.15 Å². The molecule has 0 N–H and O–H groups in total. The van der Waals surface area contributed by atoms with E-state index >= 15 is 0 Å². The van der Waals surface area contributed by atoms with E-state index in [1.807, 2.05) is 47.8 Å². The number of rotatable bonds is 5. The van der Waals surface area contributed by atoms with Crippen molar-refractivity contribution in [2.45, 2.75) is 6.61 Å². The second-order valence-corrected chi connectivity index (χ2v) is 7.82. The van der Waals surface area contributed by atoms with Gasteiger partial charge in [-0.05, 0) is 35.9 Å². The predicted octanol–water partition coefficient (Wildman–Crippen LogP) is 6.30. The molecule has 0 fully saturated rings. The zero-order chi connectivity index (χ0) is 21.2. The summed E-state index contributed by atoms with van der Waals surface area (Å²) in [6, 6.07) is 23.1. The van der Waals surface area contributed by atoms with Crippen molar-refractivity contribution in [1.82, 2.24) is 4.98 Å². The first kappa shape index (κ1) is 19.2. The summed E-state index contributed by atoms with van der Waals surface area (Å²) < 4.78 is 24.3. The third kappa shape index (κ3) is 4.11. The van der Waals surface area contributed by atoms with Gasteiger partial charge >= 0.3 is 5.63 Å². The minimum Gasteiger partial charge on any atom is -0.489 e. The molecule has 5 aromatic rings. The third-order valence-electron chi connectivity index (χ3n) is 4.83. The molecule has 6 heteroatoms. The Morgan fingerprint density at radius 3 is 2.58 bits per heavy atom. The molecule has 0 atom stereocenters. The highest BCUT2D eigenvalue weighted by Crippen LogP contribution is 2.29. The molecule has 0 aliphatic heterocycles. The highest BCUT2D eigenvalue weighted by atomic mass is 32.1. The summed E-state index contributed by atoms with van der Waals surface area (Å²) in [4.78, 5) is 17.2. The van der Waals surface area contributed by atoms with E-state index in [0.29, 0.717) is 21.9 Å². The van der Waals surface area contributed by atoms with Gasteiger partial charge in [-0.15, -0.1) is 11.3 Å². The van der Waals surface area contributed by atoms with Crippen LogP contribution < -0.4 is 10.4 Å². The molecular weight excluding hydrogens is 413 g/mol. The summed E-state index contributed by atoms with van der Waals surface area (Å²) in [7, 11) is 0. The average Bonchev–Trinajstić information content (AvgIpc) is 3.29. The van der Waals surface area contributed by atoms with Crippen LogP contribution in [0.2, 0.25) is 0 Å². The van der Waals surface area contributed by atoms with E-state index in [-0.39, 0.29) is 12.4 Å². The summed E-state index contributed by atoms with van der Waals surface area (Å²) in [6.45, 7) is 0.287. The highest BCUT2D eigenvalue weighted by molar-refractivity contribution is 7.13. The average molecular weight is 429 g/mol. The zero-order valence-corrected chi connectivity index (χ0v) is 17.1. The molecule has 0 spiro atoms. The highest BCUT2D eigenvalue weighted by Gasteiger charge is 2.13. The van der Waals surface area contributed by atoms with Gasteiger partial charge in [-0.1, -0.05) is 42.5 Å². The van der Waals surface area contributed by atoms with E-state index in [4.69, 9.17) is 9.15 Å². The standard InChI is InChI=1S/C25H16FNO3S/c26-19-9-6-16(7-10-19)14-29-20-11-8-18-12-21(25(28)30-23(18)13-20)24-27-22(15-31-24)17-4-2-1-3-5-17/h1-13,15H,14H2. The molecule has 0 aliphatic rings. The maximum Gasteiger partial charge on any atom is 0.346 e. The molecule has 0 unspecified atom stereocenters. The molecule has 0 aliphatic carbocycles. The first-order chi connectivity index (χ1) is 15.2. The largest absolute Gasteiger partial charge is 0.489 e. The number of halogens is 1. The normalized spacial score (nSPS) is 11.0. The number of nitrogens with zero attached hydrogens (tertiary/aromatic N) is 1. The lowest BCUT2D eigenvalue weighted by Crippen LogP contribution is -2.02. The SMILES string of the molecule is O=c1oc2cc(OCc3ccc(F)cc3)ccc2cc1-c1nc(-c2ccccc2)cs1. The Hall–Kier alpha value is -3.77. The van der Waals surface area contributed by atoms with Crippen molar-refractivity contribution in [2.75, 3.05) is 0 Å². The summed E-state index contributed by atoms with van der Waals surface area (Å²) in [5.41, 5.74) is 3.08. The number of thiazole rings is 1. The Labute approximate surface area is 181 Å². The van der Waals surface area contributed by atoms with Crippen LogP contribution in [0.15, 0.2) is 93.5 Å². The molecular formula is C25H16FNO3S. The summed E-state index contributed by atoms with van der Waals surface area (Å²) >= 11 is 1.41. The summed E-state index contributed by atoms with van der Waals surface area (Å²) in [5.74, 6) is 0.275. The van der Waals surface area contributed by atoms with Gasteiger partial charge in [-0.3, -0.25) is 0 Å². The van der Waals surface area contributed by atoms with Crippen molar-refractivity contribution in [2.24, 2.45) is 0 Å². The van der Waals surface area contributed by atoms with Crippen LogP contribution in [0.4, 0.5) is 4.39 Å². The first-order valence-corrected chi connectivity index (χ1v) is 10.5. The maximum absolute atomic E-state index is 13.0. The van der Waals surface area contributed by atoms with Crippen LogP contribution in [-0.4, -0.2) is 4.98 Å². The molecule has 0 radical (unpaired) electrons. The quantitative estimate of drug-likeness (QED) is 0.308. The van der Waals surface area contributed by atoms with Crippen LogP contribution in [0, 0.1) is 5.82 Å². The second-order valence-electron chi connectivity index (χ2n) is 6.97. The lowest BCUT2D eigenvalue weighted by atomic mass is 10.1. The van der Waals surface area contributed by atoms with Gasteiger partial charge in [0.05, 0.1) is 11.3 Å². The van der Waals surface area contributed by atoms with Gasteiger partial charge in [0.2, 0.25) is 0 Å². The van der Waals surface area contributed by atoms with E-state index in [1.165, 1.54) is 23.5 Å². The van der Waals surface area contributed by atoms with Crippen LogP contribution >= 0.6 is 11.3 Å². The Balaban J connectivity index is 1.41. The molecule has 2 aromatic heterocycles. The molecule has 3 aromatic carbocycles. The Bertz CT molecular complexity index is 1410. The van der Waals surface area contributed by atoms with E-state index in [9.17, 15) is 9.18 Å². The van der Waals surface area contributed by atoms with E-state index in [1.54, 1.807) is 24.3 Å². The smallest absolute Gasteiger partial charge is 0.346 e. The van der Waals surface area contributed by atoms with E-state index in [0.717, 1.165) is 22.2 Å². The van der Waals surface area contributed by atoms with Crippen molar-refractivity contribution in [1.29, 1.82) is 0 Å². The van der Waals surface area contributed by atoms with Crippen molar-refractivity contribution < 1.29 is 13.5 Å². The predicted molar refractivity (Wildman–Crippen MR) is 120 cm³/mol. The van der Waals surface area contributed by atoms with Gasteiger partial charge in [-0.25, -0.2) is 14.2 Å². The number of hydrogen-bond acceptors (Lipinski definition) is 5. The van der Waals surface area contributed by atoms with Crippen LogP contribution in [0.5, 0.6) is 5.75 Å². The lowest BCUT2D eigenvalue weighted by Gasteiger charge is -2.07. The molecule has 0 saturated heterocycles. The number of ether oxygens (including phenoxy) is 1. The minimum absolute atomic E-state index is 0.287. The van der Waals surface area contributed by atoms with Gasteiger partial charge in [-0.2, -0.15) is 0 Å². The maximum atomic E-state index is 13.0. The van der Waals surface area contributed by atoms with E-state index < -0.39 is 5.63 Å². The van der Waals surface area contributed by atoms with E-state index in [2.05, 4.69) is 4.98 Å². The number of fused-ring (bicyclic) bond motifs is 1. The molecule has 152 valence electrons. The molecule has 4 nitrogen and oxygen atoms in total. The molecule has 0 amide bonds. The monoisotopic (exact) mass is 429 g/mol. The van der Waals surface area contributed by atoms with Crippen LogP contribution in [0.25, 0.3) is 32.8 Å². The van der Waals surface area contributed by atoms with Gasteiger partial charge in [0.1, 0.15) is 28.8 Å². The second kappa shape index (κ2) is 8.16. The van der Waals surface area contributed by atoms with Gasteiger partial charge in [0, 0.05) is 22.4 Å². The fraction of sp³-hybridized carbons (Fsp3) is 0.0400. The van der Waals surface area contributed by atoms with Crippen molar-refractivity contribution >= 4 is 22.3 Å². The van der Waals surface area contributed by atoms with Crippen molar-refractivity contribution in [3.8, 4) is 27.6 Å². The van der Waals surface area contributed by atoms with Gasteiger partial charge in [0.15, 0.2) is 0 Å². The van der Waals surface area contributed by atoms with Crippen LogP contribution in [0.3, 0.4) is 0 Å². The molecule has 5 rings (SSSR count). The number of benzene rings is 3. The van der Waals surface area contributed by atoms with Crippen LogP contribution in [0.1, 0.15) is 5.56 Å². The molecule has 31 heavy (non-hydrogen) atoms. The number of aromatic nitrogens is 1. The Morgan fingerprint density at radius 1 is 0.968 bits per heavy atom. The fourth-order valence-corrected chi connectivity index (χ4v) is 4.05. The van der Waals surface area contributed by atoms with Crippen molar-refractivity contribution in [3.63, 3.8) is 0 Å². The Kier molecular flexibility index (Phi) is 5.06. The molecule has 0 saturated carbocycles. The summed E-state index contributed by atoms with van der Waals surface area (Å²) in [5, 5.41) is 3.33. The Morgan fingerprint density at radius 2 is 1.77 bits per heavy atom. The topological polar surface area (TPSA) is 52.3 Å².